The van der Waals surface area contributed by atoms with E-state index in [9.17, 15) is 4.79 Å². The van der Waals surface area contributed by atoms with Crippen LogP contribution in [0.25, 0.3) is 0 Å². The van der Waals surface area contributed by atoms with Crippen molar-refractivity contribution in [3.8, 4) is 5.75 Å². The summed E-state index contributed by atoms with van der Waals surface area (Å²) in [7, 11) is 1.71. The molecule has 1 aromatic carbocycles. The minimum atomic E-state index is -0.00499. The summed E-state index contributed by atoms with van der Waals surface area (Å²) in [4.78, 5) is 14.3. The van der Waals surface area contributed by atoms with Gasteiger partial charge in [0.2, 0.25) is 5.91 Å². The van der Waals surface area contributed by atoms with Crippen LogP contribution < -0.4 is 10.5 Å². The number of nitrogens with two attached hydrogens (primary N) is 1. The highest BCUT2D eigenvalue weighted by atomic mass is 16.5. The van der Waals surface area contributed by atoms with Gasteiger partial charge in [-0.2, -0.15) is 0 Å². The molecule has 1 unspecified atom stereocenters. The summed E-state index contributed by atoms with van der Waals surface area (Å²) in [5.41, 5.74) is 7.36. The van der Waals surface area contributed by atoms with Gasteiger partial charge in [-0.15, -0.1) is 0 Å². The van der Waals surface area contributed by atoms with E-state index >= 15 is 0 Å². The van der Waals surface area contributed by atoms with E-state index in [0.717, 1.165) is 44.7 Å². The Hall–Kier alpha value is -1.59. The molecule has 0 aliphatic carbocycles. The zero-order valence-corrected chi connectivity index (χ0v) is 15.8. The number of methoxy groups -OCH3 is 1. The zero-order valence-electron chi connectivity index (χ0n) is 15.8. The molecule has 140 valence electrons. The van der Waals surface area contributed by atoms with Crippen LogP contribution in [-0.2, 0) is 16.0 Å². The van der Waals surface area contributed by atoms with Crippen molar-refractivity contribution in [2.45, 2.75) is 45.6 Å². The van der Waals surface area contributed by atoms with Gasteiger partial charge in [0.05, 0.1) is 13.2 Å². The molecule has 0 spiro atoms. The Morgan fingerprint density at radius 2 is 2.00 bits per heavy atom. The van der Waals surface area contributed by atoms with Gasteiger partial charge < -0.3 is 20.1 Å². The van der Waals surface area contributed by atoms with Crippen LogP contribution in [-0.4, -0.2) is 50.3 Å². The lowest BCUT2D eigenvalue weighted by molar-refractivity contribution is -0.134. The van der Waals surface area contributed by atoms with Gasteiger partial charge in [-0.3, -0.25) is 4.79 Å². The van der Waals surface area contributed by atoms with Crippen LogP contribution in [0, 0.1) is 5.41 Å². The van der Waals surface area contributed by atoms with Crippen molar-refractivity contribution in [2.75, 3.05) is 33.4 Å². The summed E-state index contributed by atoms with van der Waals surface area (Å²) in [6, 6.07) is 8.23. The van der Waals surface area contributed by atoms with E-state index in [4.69, 9.17) is 15.2 Å². The molecule has 1 saturated heterocycles. The zero-order chi connectivity index (χ0) is 18.3. The topological polar surface area (TPSA) is 64.8 Å². The molecule has 0 saturated carbocycles. The predicted octanol–water partition coefficient (Wildman–Crippen LogP) is 2.62. The van der Waals surface area contributed by atoms with Crippen LogP contribution in [0.1, 0.15) is 38.7 Å². The van der Waals surface area contributed by atoms with Crippen molar-refractivity contribution in [3.63, 3.8) is 0 Å². The fraction of sp³-hybridized carbons (Fsp3) is 0.650. The van der Waals surface area contributed by atoms with Crippen molar-refractivity contribution < 1.29 is 14.3 Å². The van der Waals surface area contributed by atoms with E-state index in [-0.39, 0.29) is 17.4 Å². The molecule has 0 aromatic heterocycles. The summed E-state index contributed by atoms with van der Waals surface area (Å²) in [5, 5.41) is 0. The number of rotatable bonds is 8. The molecule has 1 aliphatic heterocycles. The van der Waals surface area contributed by atoms with E-state index in [0.29, 0.717) is 13.0 Å². The molecule has 1 amide bonds. The van der Waals surface area contributed by atoms with Crippen molar-refractivity contribution >= 4 is 5.91 Å². The molecule has 0 radical (unpaired) electrons. The molecule has 5 heteroatoms. The SMILES string of the molecule is COCCc1ccc(OCCCC(=O)N2CCC(N)C(C)(C)C2)cc1. The molecule has 5 nitrogen and oxygen atoms in total. The van der Waals surface area contributed by atoms with Crippen LogP contribution in [0.2, 0.25) is 0 Å². The number of ether oxygens (including phenoxy) is 2. The average Bonchev–Trinajstić information content (AvgIpc) is 2.60. The summed E-state index contributed by atoms with van der Waals surface area (Å²) in [5.74, 6) is 1.05. The molecule has 0 bridgehead atoms. The molecule has 25 heavy (non-hydrogen) atoms. The van der Waals surface area contributed by atoms with Gasteiger partial charge in [-0.1, -0.05) is 26.0 Å². The van der Waals surface area contributed by atoms with Gasteiger partial charge in [-0.25, -0.2) is 0 Å². The maximum Gasteiger partial charge on any atom is 0.222 e. The Morgan fingerprint density at radius 3 is 2.64 bits per heavy atom. The second-order valence-electron chi connectivity index (χ2n) is 7.54. The Labute approximate surface area is 151 Å². The standard InChI is InChI=1S/C20H32N2O3/c1-20(2)15-22(12-10-18(20)21)19(23)5-4-13-25-17-8-6-16(7-9-17)11-14-24-3/h6-9,18H,4-5,10-15,21H2,1-3H3. The molecule has 1 aliphatic rings. The van der Waals surface area contributed by atoms with Crippen LogP contribution in [0.3, 0.4) is 0 Å². The van der Waals surface area contributed by atoms with E-state index in [1.807, 2.05) is 17.0 Å². The first-order chi connectivity index (χ1) is 11.9. The number of benzene rings is 1. The van der Waals surface area contributed by atoms with Gasteiger partial charge in [0.25, 0.3) is 0 Å². The first-order valence-electron chi connectivity index (χ1n) is 9.16. The van der Waals surface area contributed by atoms with Gasteiger partial charge in [0.1, 0.15) is 5.75 Å². The minimum Gasteiger partial charge on any atom is -0.494 e. The Bertz CT molecular complexity index is 542. The second-order valence-corrected chi connectivity index (χ2v) is 7.54. The number of carbonyl (C=O) groups excluding carboxylic acids is 1. The molecule has 1 heterocycles. The van der Waals surface area contributed by atoms with Gasteiger partial charge in [0, 0.05) is 32.7 Å². The normalized spacial score (nSPS) is 19.7. The summed E-state index contributed by atoms with van der Waals surface area (Å²) < 4.78 is 10.8. The van der Waals surface area contributed by atoms with E-state index in [1.165, 1.54) is 5.56 Å². The number of amides is 1. The van der Waals surface area contributed by atoms with Crippen molar-refractivity contribution in [1.29, 1.82) is 0 Å². The Morgan fingerprint density at radius 1 is 1.28 bits per heavy atom. The number of hydrogen-bond acceptors (Lipinski definition) is 4. The average molecular weight is 348 g/mol. The molecular weight excluding hydrogens is 316 g/mol. The largest absolute Gasteiger partial charge is 0.494 e. The first-order valence-corrected chi connectivity index (χ1v) is 9.16. The fourth-order valence-electron chi connectivity index (χ4n) is 3.13. The molecule has 1 atom stereocenters. The van der Waals surface area contributed by atoms with Crippen molar-refractivity contribution in [2.24, 2.45) is 11.1 Å². The molecule has 2 N–H and O–H groups in total. The molecule has 1 fully saturated rings. The van der Waals surface area contributed by atoms with Crippen molar-refractivity contribution in [1.82, 2.24) is 4.90 Å². The lowest BCUT2D eigenvalue weighted by Gasteiger charge is -2.42. The van der Waals surface area contributed by atoms with Gasteiger partial charge >= 0.3 is 0 Å². The van der Waals surface area contributed by atoms with Crippen molar-refractivity contribution in [3.05, 3.63) is 29.8 Å². The molecule has 1 aromatic rings. The highest BCUT2D eigenvalue weighted by Crippen LogP contribution is 2.28. The summed E-state index contributed by atoms with van der Waals surface area (Å²) in [6.07, 6.45) is 3.04. The molecular formula is C20H32N2O3. The Balaban J connectivity index is 1.68. The number of nitrogens with zero attached hydrogens (tertiary/aromatic N) is 1. The van der Waals surface area contributed by atoms with Crippen LogP contribution in [0.5, 0.6) is 5.75 Å². The lowest BCUT2D eigenvalue weighted by Crippen LogP contribution is -2.54. The number of likely N-dealkylation sites (tertiary alicyclic amines) is 1. The van der Waals surface area contributed by atoms with Crippen LogP contribution in [0.15, 0.2) is 24.3 Å². The minimum absolute atomic E-state index is 0.00499. The number of piperidine rings is 1. The highest BCUT2D eigenvalue weighted by Gasteiger charge is 2.34. The predicted molar refractivity (Wildman–Crippen MR) is 99.7 cm³/mol. The third-order valence-electron chi connectivity index (χ3n) is 4.99. The van der Waals surface area contributed by atoms with Crippen LogP contribution >= 0.6 is 0 Å². The fourth-order valence-corrected chi connectivity index (χ4v) is 3.13. The molecule has 2 rings (SSSR count). The summed E-state index contributed by atoms with van der Waals surface area (Å²) in [6.45, 7) is 7.07. The summed E-state index contributed by atoms with van der Waals surface area (Å²) >= 11 is 0. The maximum atomic E-state index is 12.4. The van der Waals surface area contributed by atoms with E-state index in [2.05, 4.69) is 26.0 Å². The third-order valence-corrected chi connectivity index (χ3v) is 4.99. The highest BCUT2D eigenvalue weighted by molar-refractivity contribution is 5.76. The van der Waals surface area contributed by atoms with Gasteiger partial charge in [-0.05, 0) is 42.4 Å². The Kier molecular flexibility index (Phi) is 7.26. The smallest absolute Gasteiger partial charge is 0.222 e. The quantitative estimate of drug-likeness (QED) is 0.734. The number of carbonyl (C=O) groups is 1. The third kappa shape index (κ3) is 6.01. The first kappa shape index (κ1) is 19.7. The van der Waals surface area contributed by atoms with Crippen LogP contribution in [0.4, 0.5) is 0 Å². The van der Waals surface area contributed by atoms with E-state index in [1.54, 1.807) is 7.11 Å². The second kappa shape index (κ2) is 9.20. The van der Waals surface area contributed by atoms with Gasteiger partial charge in [0.15, 0.2) is 0 Å². The lowest BCUT2D eigenvalue weighted by atomic mass is 9.79. The maximum absolute atomic E-state index is 12.4. The number of hydrogen-bond donors (Lipinski definition) is 1. The van der Waals surface area contributed by atoms with E-state index < -0.39 is 0 Å². The monoisotopic (exact) mass is 348 g/mol.